The second-order valence-corrected chi connectivity index (χ2v) is 6.10. The lowest BCUT2D eigenvalue weighted by atomic mass is 10.0. The zero-order chi connectivity index (χ0) is 17.6. The average Bonchev–Trinajstić information content (AvgIpc) is 2.85. The number of pyridine rings is 1. The van der Waals surface area contributed by atoms with Crippen molar-refractivity contribution in [1.82, 2.24) is 9.38 Å². The summed E-state index contributed by atoms with van der Waals surface area (Å²) >= 11 is 6.04. The van der Waals surface area contributed by atoms with Gasteiger partial charge in [-0.15, -0.1) is 0 Å². The Hall–Kier alpha value is -2.05. The summed E-state index contributed by atoms with van der Waals surface area (Å²) < 4.78 is 40.5. The normalized spacial score (nSPS) is 12.1. The van der Waals surface area contributed by atoms with Crippen molar-refractivity contribution in [2.24, 2.45) is 5.73 Å². The number of fused-ring (bicyclic) bond motifs is 1. The monoisotopic (exact) mass is 353 g/mol. The van der Waals surface area contributed by atoms with E-state index in [0.717, 1.165) is 29.0 Å². The fourth-order valence-corrected chi connectivity index (χ4v) is 3.05. The molecule has 2 N–H and O–H groups in total. The Bertz CT molecular complexity index is 929. The third kappa shape index (κ3) is 2.76. The molecule has 1 aromatic carbocycles. The smallest absolute Gasteiger partial charge is 0.325 e. The zero-order valence-corrected chi connectivity index (χ0v) is 13.8. The molecule has 0 bridgehead atoms. The van der Waals surface area contributed by atoms with Crippen LogP contribution in [0.4, 0.5) is 13.2 Å². The van der Waals surface area contributed by atoms with Crippen LogP contribution < -0.4 is 5.73 Å². The van der Waals surface area contributed by atoms with Crippen molar-refractivity contribution in [3.63, 3.8) is 0 Å². The topological polar surface area (TPSA) is 43.3 Å². The van der Waals surface area contributed by atoms with Crippen molar-refractivity contribution in [1.29, 1.82) is 0 Å². The van der Waals surface area contributed by atoms with Crippen molar-refractivity contribution < 1.29 is 13.2 Å². The van der Waals surface area contributed by atoms with Gasteiger partial charge in [-0.05, 0) is 25.5 Å². The summed E-state index contributed by atoms with van der Waals surface area (Å²) in [6, 6.07) is 6.69. The lowest BCUT2D eigenvalue weighted by Crippen LogP contribution is -2.09. The SMILES string of the molecule is Cc1ccc(-c2nc3c(Cl)cc(C(F)(F)F)cn3c2CN)c(C)c1. The van der Waals surface area contributed by atoms with E-state index < -0.39 is 11.7 Å². The number of alkyl halides is 3. The number of halogens is 4. The van der Waals surface area contributed by atoms with Crippen LogP contribution in [0.15, 0.2) is 30.5 Å². The highest BCUT2D eigenvalue weighted by atomic mass is 35.5. The minimum atomic E-state index is -4.49. The molecule has 0 fully saturated rings. The Labute approximate surface area is 141 Å². The third-order valence-corrected chi connectivity index (χ3v) is 4.21. The number of hydrogen-bond acceptors (Lipinski definition) is 2. The first kappa shape index (κ1) is 16.8. The molecule has 0 unspecified atom stereocenters. The molecule has 0 aliphatic heterocycles. The van der Waals surface area contributed by atoms with E-state index in [2.05, 4.69) is 4.98 Å². The van der Waals surface area contributed by atoms with Gasteiger partial charge < -0.3 is 10.1 Å². The molecule has 0 saturated heterocycles. The zero-order valence-electron chi connectivity index (χ0n) is 13.1. The molecule has 0 spiro atoms. The van der Waals surface area contributed by atoms with Gasteiger partial charge in [0.1, 0.15) is 0 Å². The minimum absolute atomic E-state index is 0.0431. The molecule has 0 radical (unpaired) electrons. The van der Waals surface area contributed by atoms with Gasteiger partial charge in [-0.2, -0.15) is 13.2 Å². The van der Waals surface area contributed by atoms with Crippen LogP contribution in [-0.4, -0.2) is 9.38 Å². The number of nitrogens with two attached hydrogens (primary N) is 1. The van der Waals surface area contributed by atoms with Crippen molar-refractivity contribution in [2.75, 3.05) is 0 Å². The van der Waals surface area contributed by atoms with Crippen molar-refractivity contribution in [3.05, 3.63) is 57.9 Å². The lowest BCUT2D eigenvalue weighted by molar-refractivity contribution is -0.137. The molecule has 3 rings (SSSR count). The summed E-state index contributed by atoms with van der Waals surface area (Å²) in [5.41, 5.74) is 9.17. The second-order valence-electron chi connectivity index (χ2n) is 5.70. The molecule has 0 aliphatic carbocycles. The highest BCUT2D eigenvalue weighted by Crippen LogP contribution is 2.35. The maximum Gasteiger partial charge on any atom is 0.417 e. The lowest BCUT2D eigenvalue weighted by Gasteiger charge is -2.10. The molecule has 0 atom stereocenters. The summed E-state index contributed by atoms with van der Waals surface area (Å²) in [5, 5.41) is -0.0597. The summed E-state index contributed by atoms with van der Waals surface area (Å²) in [4.78, 5) is 4.45. The van der Waals surface area contributed by atoms with Crippen LogP contribution in [0.3, 0.4) is 0 Å². The number of hydrogen-bond donors (Lipinski definition) is 1. The molecular formula is C17H15ClF3N3. The van der Waals surface area contributed by atoms with E-state index in [9.17, 15) is 13.2 Å². The Morgan fingerprint density at radius 3 is 2.50 bits per heavy atom. The van der Waals surface area contributed by atoms with E-state index in [0.29, 0.717) is 11.4 Å². The number of rotatable bonds is 2. The highest BCUT2D eigenvalue weighted by Gasteiger charge is 2.32. The van der Waals surface area contributed by atoms with Gasteiger partial charge in [0.15, 0.2) is 5.65 Å². The third-order valence-electron chi connectivity index (χ3n) is 3.93. The van der Waals surface area contributed by atoms with Crippen LogP contribution in [0.5, 0.6) is 0 Å². The van der Waals surface area contributed by atoms with Gasteiger partial charge in [-0.3, -0.25) is 0 Å². The molecular weight excluding hydrogens is 339 g/mol. The predicted molar refractivity (Wildman–Crippen MR) is 88.0 cm³/mol. The molecule has 3 nitrogen and oxygen atoms in total. The standard InChI is InChI=1S/C17H15ClF3N3/c1-9-3-4-12(10(2)5-9)15-14(7-22)24-8-11(17(19,20)21)6-13(18)16(24)23-15/h3-6,8H,7,22H2,1-2H3. The number of aryl methyl sites for hydroxylation is 2. The van der Waals surface area contributed by atoms with Crippen LogP contribution in [0.2, 0.25) is 5.02 Å². The first-order chi connectivity index (χ1) is 11.2. The minimum Gasteiger partial charge on any atom is -0.325 e. The van der Waals surface area contributed by atoms with E-state index in [-0.39, 0.29) is 17.2 Å². The first-order valence-electron chi connectivity index (χ1n) is 7.27. The maximum absolute atomic E-state index is 13.0. The molecule has 0 saturated carbocycles. The molecule has 24 heavy (non-hydrogen) atoms. The largest absolute Gasteiger partial charge is 0.417 e. The molecule has 0 amide bonds. The van der Waals surface area contributed by atoms with Crippen molar-refractivity contribution in [3.8, 4) is 11.3 Å². The van der Waals surface area contributed by atoms with E-state index in [4.69, 9.17) is 17.3 Å². The van der Waals surface area contributed by atoms with Crippen molar-refractivity contribution in [2.45, 2.75) is 26.6 Å². The number of benzene rings is 1. The van der Waals surface area contributed by atoms with Crippen LogP contribution in [0, 0.1) is 13.8 Å². The fraction of sp³-hybridized carbons (Fsp3) is 0.235. The molecule has 126 valence electrons. The van der Waals surface area contributed by atoms with Gasteiger partial charge in [0.2, 0.25) is 0 Å². The quantitative estimate of drug-likeness (QED) is 0.722. The van der Waals surface area contributed by atoms with Crippen LogP contribution >= 0.6 is 11.6 Å². The number of aromatic nitrogens is 2. The summed E-state index contributed by atoms with van der Waals surface area (Å²) in [7, 11) is 0. The van der Waals surface area contributed by atoms with E-state index in [1.165, 1.54) is 4.40 Å². The Balaban J connectivity index is 2.32. The summed E-state index contributed by atoms with van der Waals surface area (Å²) in [6.07, 6.45) is -3.50. The van der Waals surface area contributed by atoms with Gasteiger partial charge in [0.25, 0.3) is 0 Å². The molecule has 2 aromatic heterocycles. The summed E-state index contributed by atoms with van der Waals surface area (Å²) in [6.45, 7) is 3.94. The molecule has 2 heterocycles. The Morgan fingerprint density at radius 1 is 1.21 bits per heavy atom. The molecule has 3 aromatic rings. The van der Waals surface area contributed by atoms with Crippen LogP contribution in [0.1, 0.15) is 22.4 Å². The number of nitrogens with zero attached hydrogens (tertiary/aromatic N) is 2. The van der Waals surface area contributed by atoms with Gasteiger partial charge in [-0.25, -0.2) is 4.98 Å². The first-order valence-corrected chi connectivity index (χ1v) is 7.65. The molecule has 0 aliphatic rings. The average molecular weight is 354 g/mol. The van der Waals surface area contributed by atoms with Gasteiger partial charge in [0, 0.05) is 18.3 Å². The predicted octanol–water partition coefficient (Wildman–Crippen LogP) is 4.75. The fourth-order valence-electron chi connectivity index (χ4n) is 2.80. The maximum atomic E-state index is 13.0. The van der Waals surface area contributed by atoms with Crippen molar-refractivity contribution >= 4 is 17.2 Å². The van der Waals surface area contributed by atoms with E-state index in [1.807, 2.05) is 32.0 Å². The van der Waals surface area contributed by atoms with E-state index >= 15 is 0 Å². The van der Waals surface area contributed by atoms with Gasteiger partial charge >= 0.3 is 6.18 Å². The Kier molecular flexibility index (Phi) is 4.05. The van der Waals surface area contributed by atoms with Gasteiger partial charge in [0.05, 0.1) is 22.0 Å². The second kappa shape index (κ2) is 5.79. The Morgan fingerprint density at radius 2 is 1.92 bits per heavy atom. The highest BCUT2D eigenvalue weighted by molar-refractivity contribution is 6.33. The molecule has 7 heteroatoms. The van der Waals surface area contributed by atoms with E-state index in [1.54, 1.807) is 0 Å². The summed E-state index contributed by atoms with van der Waals surface area (Å²) in [5.74, 6) is 0. The number of imidazole rings is 1. The van der Waals surface area contributed by atoms with Crippen LogP contribution in [-0.2, 0) is 12.7 Å². The van der Waals surface area contributed by atoms with Crippen LogP contribution in [0.25, 0.3) is 16.9 Å². The van der Waals surface area contributed by atoms with Gasteiger partial charge in [-0.1, -0.05) is 35.4 Å².